The van der Waals surface area contributed by atoms with E-state index in [0.717, 1.165) is 11.1 Å². The third-order valence-electron chi connectivity index (χ3n) is 5.60. The van der Waals surface area contributed by atoms with Crippen LogP contribution in [0.2, 0.25) is 5.02 Å². The molecule has 0 N–H and O–H groups in total. The lowest BCUT2D eigenvalue weighted by Crippen LogP contribution is -2.27. The van der Waals surface area contributed by atoms with Crippen LogP contribution in [0.15, 0.2) is 89.8 Å². The molecule has 0 saturated carbocycles. The molecule has 1 heterocycles. The SMILES string of the molecule is COc1ccc(N2C(=O)/C(=C/c3ccccc3OCc3ccc4ccccc4c3)SC2=S)cc1Cl. The van der Waals surface area contributed by atoms with E-state index in [2.05, 4.69) is 30.3 Å². The summed E-state index contributed by atoms with van der Waals surface area (Å²) in [4.78, 5) is 15.2. The lowest BCUT2D eigenvalue weighted by atomic mass is 10.1. The van der Waals surface area contributed by atoms with Crippen LogP contribution in [0.25, 0.3) is 16.8 Å². The Kier molecular flexibility index (Phi) is 6.77. The highest BCUT2D eigenvalue weighted by Crippen LogP contribution is 2.39. The van der Waals surface area contributed by atoms with Gasteiger partial charge in [-0.2, -0.15) is 0 Å². The van der Waals surface area contributed by atoms with E-state index in [-0.39, 0.29) is 5.91 Å². The number of amides is 1. The number of carbonyl (C=O) groups excluding carboxylic acids is 1. The molecule has 0 bridgehead atoms. The number of thioether (sulfide) groups is 1. The Morgan fingerprint density at radius 3 is 2.51 bits per heavy atom. The molecule has 0 radical (unpaired) electrons. The van der Waals surface area contributed by atoms with Crippen LogP contribution in [0.5, 0.6) is 11.5 Å². The van der Waals surface area contributed by atoms with Crippen molar-refractivity contribution in [3.05, 3.63) is 106 Å². The van der Waals surface area contributed by atoms with Crippen LogP contribution in [0.3, 0.4) is 0 Å². The van der Waals surface area contributed by atoms with Gasteiger partial charge in [-0.05, 0) is 52.7 Å². The van der Waals surface area contributed by atoms with Crippen LogP contribution in [-0.4, -0.2) is 17.3 Å². The number of halogens is 1. The molecule has 0 unspecified atom stereocenters. The Morgan fingerprint density at radius 1 is 0.943 bits per heavy atom. The van der Waals surface area contributed by atoms with E-state index in [0.29, 0.717) is 38.0 Å². The maximum atomic E-state index is 13.2. The molecule has 7 heteroatoms. The number of anilines is 1. The van der Waals surface area contributed by atoms with Gasteiger partial charge in [0.1, 0.15) is 18.1 Å². The minimum atomic E-state index is -0.203. The van der Waals surface area contributed by atoms with Gasteiger partial charge < -0.3 is 9.47 Å². The molecular weight excluding hydrogens is 498 g/mol. The predicted molar refractivity (Wildman–Crippen MR) is 148 cm³/mol. The van der Waals surface area contributed by atoms with Gasteiger partial charge in [0.05, 0.1) is 22.7 Å². The molecule has 4 aromatic rings. The number of methoxy groups -OCH3 is 1. The van der Waals surface area contributed by atoms with E-state index in [4.69, 9.17) is 33.3 Å². The third kappa shape index (κ3) is 4.91. The maximum Gasteiger partial charge on any atom is 0.270 e. The number of benzene rings is 4. The lowest BCUT2D eigenvalue weighted by molar-refractivity contribution is -0.113. The molecule has 174 valence electrons. The minimum absolute atomic E-state index is 0.203. The van der Waals surface area contributed by atoms with Gasteiger partial charge in [-0.3, -0.25) is 9.69 Å². The van der Waals surface area contributed by atoms with Gasteiger partial charge in [-0.15, -0.1) is 0 Å². The highest BCUT2D eigenvalue weighted by Gasteiger charge is 2.33. The lowest BCUT2D eigenvalue weighted by Gasteiger charge is -2.15. The Hall–Kier alpha value is -3.32. The number of thiocarbonyl (C=S) groups is 1. The zero-order chi connectivity index (χ0) is 24.4. The molecule has 0 aliphatic carbocycles. The van der Waals surface area contributed by atoms with Crippen LogP contribution in [0.4, 0.5) is 5.69 Å². The predicted octanol–water partition coefficient (Wildman–Crippen LogP) is 7.49. The van der Waals surface area contributed by atoms with Gasteiger partial charge in [0, 0.05) is 5.56 Å². The standard InChI is InChI=1S/C28H20ClNO3S2/c1-32-25-13-12-22(16-23(25)29)30-27(31)26(35-28(30)34)15-21-8-4-5-9-24(21)33-17-18-10-11-19-6-2-3-7-20(19)14-18/h2-16H,17H2,1H3/b26-15-. The van der Waals surface area contributed by atoms with Gasteiger partial charge in [-0.25, -0.2) is 0 Å². The van der Waals surface area contributed by atoms with E-state index in [1.165, 1.54) is 27.4 Å². The van der Waals surface area contributed by atoms with E-state index < -0.39 is 0 Å². The summed E-state index contributed by atoms with van der Waals surface area (Å²) in [6, 6.07) is 27.3. The first-order valence-corrected chi connectivity index (χ1v) is 12.4. The molecule has 35 heavy (non-hydrogen) atoms. The average Bonchev–Trinajstić information content (AvgIpc) is 3.15. The topological polar surface area (TPSA) is 38.8 Å². The second kappa shape index (κ2) is 10.1. The minimum Gasteiger partial charge on any atom is -0.495 e. The van der Waals surface area contributed by atoms with E-state index >= 15 is 0 Å². The van der Waals surface area contributed by atoms with Gasteiger partial charge in [-0.1, -0.05) is 90.2 Å². The first-order valence-electron chi connectivity index (χ1n) is 10.8. The molecule has 1 fully saturated rings. The Labute approximate surface area is 218 Å². The fraction of sp³-hybridized carbons (Fsp3) is 0.0714. The van der Waals surface area contributed by atoms with Crippen molar-refractivity contribution in [1.82, 2.24) is 0 Å². The van der Waals surface area contributed by atoms with Crippen LogP contribution in [0, 0.1) is 0 Å². The monoisotopic (exact) mass is 517 g/mol. The number of carbonyl (C=O) groups is 1. The quantitative estimate of drug-likeness (QED) is 0.196. The molecule has 1 amide bonds. The summed E-state index contributed by atoms with van der Waals surface area (Å²) < 4.78 is 11.8. The zero-order valence-electron chi connectivity index (χ0n) is 18.7. The third-order valence-corrected chi connectivity index (χ3v) is 7.20. The second-order valence-electron chi connectivity index (χ2n) is 7.84. The average molecular weight is 518 g/mol. The number of hydrogen-bond acceptors (Lipinski definition) is 5. The molecule has 0 aromatic heterocycles. The van der Waals surface area contributed by atoms with Gasteiger partial charge in [0.15, 0.2) is 4.32 Å². The maximum absolute atomic E-state index is 13.2. The Morgan fingerprint density at radius 2 is 1.71 bits per heavy atom. The molecule has 4 aromatic carbocycles. The van der Waals surface area contributed by atoms with E-state index in [9.17, 15) is 4.79 Å². The summed E-state index contributed by atoms with van der Waals surface area (Å²) in [5, 5.41) is 2.77. The van der Waals surface area contributed by atoms with Gasteiger partial charge >= 0.3 is 0 Å². The van der Waals surface area contributed by atoms with E-state index in [1.807, 2.05) is 42.5 Å². The molecule has 1 aliphatic heterocycles. The van der Waals surface area contributed by atoms with Crippen molar-refractivity contribution < 1.29 is 14.3 Å². The summed E-state index contributed by atoms with van der Waals surface area (Å²) >= 11 is 13.0. The number of rotatable bonds is 6. The Bertz CT molecular complexity index is 1480. The van der Waals surface area contributed by atoms with Crippen molar-refractivity contribution in [3.63, 3.8) is 0 Å². The van der Waals surface area contributed by atoms with E-state index in [1.54, 1.807) is 25.3 Å². The van der Waals surface area contributed by atoms with Gasteiger partial charge in [0.2, 0.25) is 0 Å². The summed E-state index contributed by atoms with van der Waals surface area (Å²) in [6.45, 7) is 0.418. The molecule has 1 aliphatic rings. The Balaban J connectivity index is 1.37. The first-order chi connectivity index (χ1) is 17.0. The van der Waals surface area contributed by atoms with Crippen molar-refractivity contribution >= 4 is 68.3 Å². The van der Waals surface area contributed by atoms with Crippen molar-refractivity contribution in [2.45, 2.75) is 6.61 Å². The number of hydrogen-bond donors (Lipinski definition) is 0. The smallest absolute Gasteiger partial charge is 0.270 e. The summed E-state index contributed by atoms with van der Waals surface area (Å²) in [6.07, 6.45) is 1.82. The number of ether oxygens (including phenoxy) is 2. The van der Waals surface area contributed by atoms with Crippen LogP contribution < -0.4 is 14.4 Å². The molecule has 4 nitrogen and oxygen atoms in total. The summed E-state index contributed by atoms with van der Waals surface area (Å²) in [7, 11) is 1.54. The van der Waals surface area contributed by atoms with Crippen molar-refractivity contribution in [3.8, 4) is 11.5 Å². The molecule has 0 spiro atoms. The fourth-order valence-corrected chi connectivity index (χ4v) is 5.39. The fourth-order valence-electron chi connectivity index (χ4n) is 3.85. The largest absolute Gasteiger partial charge is 0.495 e. The van der Waals surface area contributed by atoms with Crippen molar-refractivity contribution in [2.24, 2.45) is 0 Å². The number of para-hydroxylation sites is 1. The van der Waals surface area contributed by atoms with Crippen molar-refractivity contribution in [2.75, 3.05) is 12.0 Å². The second-order valence-corrected chi connectivity index (χ2v) is 9.93. The van der Waals surface area contributed by atoms with Gasteiger partial charge in [0.25, 0.3) is 5.91 Å². The number of fused-ring (bicyclic) bond motifs is 1. The molecular formula is C28H20ClNO3S2. The van der Waals surface area contributed by atoms with Crippen molar-refractivity contribution in [1.29, 1.82) is 0 Å². The first kappa shape index (κ1) is 23.4. The molecule has 5 rings (SSSR count). The normalized spacial score (nSPS) is 14.7. The summed E-state index contributed by atoms with van der Waals surface area (Å²) in [5.74, 6) is 1.03. The molecule has 0 atom stereocenters. The summed E-state index contributed by atoms with van der Waals surface area (Å²) in [5.41, 5.74) is 2.48. The van der Waals surface area contributed by atoms with Crippen LogP contribution in [0.1, 0.15) is 11.1 Å². The van der Waals surface area contributed by atoms with Crippen LogP contribution >= 0.6 is 35.6 Å². The zero-order valence-corrected chi connectivity index (χ0v) is 21.1. The number of nitrogens with zero attached hydrogens (tertiary/aromatic N) is 1. The highest BCUT2D eigenvalue weighted by atomic mass is 35.5. The highest BCUT2D eigenvalue weighted by molar-refractivity contribution is 8.27. The molecule has 1 saturated heterocycles. The van der Waals surface area contributed by atoms with Crippen LogP contribution in [-0.2, 0) is 11.4 Å².